The van der Waals surface area contributed by atoms with Gasteiger partial charge in [-0.25, -0.2) is 4.98 Å². The Morgan fingerprint density at radius 2 is 1.71 bits per heavy atom. The van der Waals surface area contributed by atoms with Crippen molar-refractivity contribution in [3.63, 3.8) is 0 Å². The van der Waals surface area contributed by atoms with E-state index in [1.54, 1.807) is 16.6 Å². The number of aromatic nitrogens is 5. The molecule has 2 heterocycles. The highest BCUT2D eigenvalue weighted by atomic mass is 35.5. The topological polar surface area (TPSA) is 97.1 Å². The van der Waals surface area contributed by atoms with E-state index in [0.717, 1.165) is 28.7 Å². The molecular weight excluding hydrogens is 450 g/mol. The molecule has 9 heteroatoms. The Morgan fingerprint density at radius 3 is 2.47 bits per heavy atom. The Morgan fingerprint density at radius 1 is 0.971 bits per heavy atom. The molecule has 0 atom stereocenters. The molecule has 8 nitrogen and oxygen atoms in total. The molecule has 0 aliphatic rings. The van der Waals surface area contributed by atoms with Crippen molar-refractivity contribution >= 4 is 45.7 Å². The zero-order valence-corrected chi connectivity index (χ0v) is 19.6. The standard InChI is InChI=1S/C23H18ClN7O.C2H6/c24-17-9-5-15(6-10-17)13-14-25-23(32)16-7-11-18(12-8-16)26-21-22-28-29-30-31(22)20-4-2-1-3-19(20)27-21;1-2/h1-12H,13-14H2,(H,25,32)(H,26,27);1-2H3. The molecule has 0 saturated heterocycles. The van der Waals surface area contributed by atoms with E-state index in [1.807, 2.05) is 74.5 Å². The number of carbonyl (C=O) groups excluding carboxylic acids is 1. The molecule has 0 unspecified atom stereocenters. The number of nitrogens with zero attached hydrogens (tertiary/aromatic N) is 5. The number of carbonyl (C=O) groups is 1. The second-order valence-corrected chi connectivity index (χ2v) is 7.63. The molecule has 3 aromatic carbocycles. The average molecular weight is 474 g/mol. The zero-order valence-electron chi connectivity index (χ0n) is 18.9. The summed E-state index contributed by atoms with van der Waals surface area (Å²) in [4.78, 5) is 17.1. The first-order valence-electron chi connectivity index (χ1n) is 11.0. The number of anilines is 2. The van der Waals surface area contributed by atoms with Crippen LogP contribution in [0.25, 0.3) is 16.7 Å². The Hall–Kier alpha value is -4.04. The first-order chi connectivity index (χ1) is 16.7. The Labute approximate surface area is 202 Å². The largest absolute Gasteiger partial charge is 0.352 e. The van der Waals surface area contributed by atoms with Crippen LogP contribution in [0.4, 0.5) is 11.5 Å². The van der Waals surface area contributed by atoms with E-state index in [2.05, 4.69) is 31.1 Å². The molecule has 0 fully saturated rings. The van der Waals surface area contributed by atoms with E-state index < -0.39 is 0 Å². The highest BCUT2D eigenvalue weighted by Gasteiger charge is 2.12. The number of hydrogen-bond donors (Lipinski definition) is 2. The fraction of sp³-hybridized carbons (Fsp3) is 0.160. The van der Waals surface area contributed by atoms with E-state index in [-0.39, 0.29) is 5.91 Å². The number of tetrazole rings is 1. The van der Waals surface area contributed by atoms with Gasteiger partial charge < -0.3 is 10.6 Å². The number of amides is 1. The van der Waals surface area contributed by atoms with Crippen LogP contribution in [-0.2, 0) is 6.42 Å². The molecule has 0 aliphatic heterocycles. The van der Waals surface area contributed by atoms with E-state index in [0.29, 0.717) is 28.6 Å². The molecule has 0 aliphatic carbocycles. The molecule has 5 rings (SSSR count). The van der Waals surface area contributed by atoms with Crippen LogP contribution in [0.1, 0.15) is 29.8 Å². The van der Waals surface area contributed by atoms with Crippen LogP contribution in [0.3, 0.4) is 0 Å². The maximum atomic E-state index is 12.5. The molecule has 0 spiro atoms. The van der Waals surface area contributed by atoms with Crippen LogP contribution >= 0.6 is 11.6 Å². The van der Waals surface area contributed by atoms with Gasteiger partial charge in [0.15, 0.2) is 5.82 Å². The third-order valence-corrected chi connectivity index (χ3v) is 5.30. The molecule has 1 amide bonds. The van der Waals surface area contributed by atoms with Crippen molar-refractivity contribution in [1.29, 1.82) is 0 Å². The molecule has 5 aromatic rings. The lowest BCUT2D eigenvalue weighted by atomic mass is 10.1. The smallest absolute Gasteiger partial charge is 0.251 e. The number of para-hydroxylation sites is 2. The average Bonchev–Trinajstić information content (AvgIpc) is 3.38. The summed E-state index contributed by atoms with van der Waals surface area (Å²) >= 11 is 5.90. The number of halogens is 1. The zero-order chi connectivity index (χ0) is 23.9. The summed E-state index contributed by atoms with van der Waals surface area (Å²) in [6, 6.07) is 22.4. The predicted molar refractivity (Wildman–Crippen MR) is 135 cm³/mol. The van der Waals surface area contributed by atoms with Crippen LogP contribution in [0.5, 0.6) is 0 Å². The predicted octanol–water partition coefficient (Wildman–Crippen LogP) is 5.07. The third-order valence-electron chi connectivity index (χ3n) is 5.05. The number of hydrogen-bond acceptors (Lipinski definition) is 6. The molecule has 2 N–H and O–H groups in total. The monoisotopic (exact) mass is 473 g/mol. The van der Waals surface area contributed by atoms with Crippen molar-refractivity contribution in [2.75, 3.05) is 11.9 Å². The Balaban J connectivity index is 0.00000133. The molecule has 172 valence electrons. The van der Waals surface area contributed by atoms with Gasteiger partial charge in [0.25, 0.3) is 5.91 Å². The van der Waals surface area contributed by atoms with Crippen LogP contribution in [0.2, 0.25) is 5.02 Å². The van der Waals surface area contributed by atoms with Crippen LogP contribution in [0, 0.1) is 0 Å². The first-order valence-corrected chi connectivity index (χ1v) is 11.4. The lowest BCUT2D eigenvalue weighted by Crippen LogP contribution is -2.25. The number of benzene rings is 3. The van der Waals surface area contributed by atoms with Crippen molar-refractivity contribution in [3.05, 3.63) is 88.9 Å². The summed E-state index contributed by atoms with van der Waals surface area (Å²) < 4.78 is 1.65. The SMILES string of the molecule is CC.O=C(NCCc1ccc(Cl)cc1)c1ccc(Nc2nc3ccccc3n3nnnc23)cc1. The van der Waals surface area contributed by atoms with E-state index in [1.165, 1.54) is 0 Å². The fourth-order valence-electron chi connectivity index (χ4n) is 3.40. The van der Waals surface area contributed by atoms with Crippen LogP contribution in [-0.4, -0.2) is 37.5 Å². The normalized spacial score (nSPS) is 10.6. The lowest BCUT2D eigenvalue weighted by molar-refractivity contribution is 0.0954. The summed E-state index contributed by atoms with van der Waals surface area (Å²) in [7, 11) is 0. The number of rotatable bonds is 6. The van der Waals surface area contributed by atoms with Gasteiger partial charge in [0.1, 0.15) is 0 Å². The minimum Gasteiger partial charge on any atom is -0.352 e. The van der Waals surface area contributed by atoms with Crippen molar-refractivity contribution in [1.82, 2.24) is 30.3 Å². The minimum atomic E-state index is -0.126. The Kier molecular flexibility index (Phi) is 7.29. The maximum Gasteiger partial charge on any atom is 0.251 e. The highest BCUT2D eigenvalue weighted by molar-refractivity contribution is 6.30. The summed E-state index contributed by atoms with van der Waals surface area (Å²) in [5.74, 6) is 0.409. The van der Waals surface area contributed by atoms with Crippen molar-refractivity contribution in [2.45, 2.75) is 20.3 Å². The van der Waals surface area contributed by atoms with Crippen LogP contribution in [0.15, 0.2) is 72.8 Å². The van der Waals surface area contributed by atoms with Gasteiger partial charge >= 0.3 is 0 Å². The number of nitrogens with one attached hydrogen (secondary N) is 2. The van der Waals surface area contributed by atoms with Crippen LogP contribution < -0.4 is 10.6 Å². The van der Waals surface area contributed by atoms with Gasteiger partial charge in [0.05, 0.1) is 11.0 Å². The molecule has 0 bridgehead atoms. The Bertz CT molecular complexity index is 1400. The molecule has 2 aromatic heterocycles. The second kappa shape index (κ2) is 10.7. The fourth-order valence-corrected chi connectivity index (χ4v) is 3.53. The van der Waals surface area contributed by atoms with Gasteiger partial charge in [-0.15, -0.1) is 5.10 Å². The maximum absolute atomic E-state index is 12.5. The first kappa shape index (κ1) is 23.1. The third kappa shape index (κ3) is 5.13. The van der Waals surface area contributed by atoms with Gasteiger partial charge in [0, 0.05) is 22.8 Å². The van der Waals surface area contributed by atoms with Crippen molar-refractivity contribution in [2.24, 2.45) is 0 Å². The highest BCUT2D eigenvalue weighted by Crippen LogP contribution is 2.22. The van der Waals surface area contributed by atoms with Crippen molar-refractivity contribution in [3.8, 4) is 0 Å². The molecule has 0 saturated carbocycles. The van der Waals surface area contributed by atoms with E-state index in [4.69, 9.17) is 11.6 Å². The van der Waals surface area contributed by atoms with E-state index >= 15 is 0 Å². The molecule has 34 heavy (non-hydrogen) atoms. The van der Waals surface area contributed by atoms with Gasteiger partial charge in [-0.05, 0) is 70.9 Å². The van der Waals surface area contributed by atoms with E-state index in [9.17, 15) is 4.79 Å². The minimum absolute atomic E-state index is 0.126. The summed E-state index contributed by atoms with van der Waals surface area (Å²) in [6.07, 6.45) is 0.735. The lowest BCUT2D eigenvalue weighted by Gasteiger charge is -2.09. The molecule has 0 radical (unpaired) electrons. The second-order valence-electron chi connectivity index (χ2n) is 7.20. The van der Waals surface area contributed by atoms with Gasteiger partial charge in [-0.1, -0.05) is 49.7 Å². The summed E-state index contributed by atoms with van der Waals surface area (Å²) in [5.41, 5.74) is 4.58. The van der Waals surface area contributed by atoms with Gasteiger partial charge in [-0.2, -0.15) is 4.52 Å². The van der Waals surface area contributed by atoms with Gasteiger partial charge in [-0.3, -0.25) is 4.79 Å². The quantitative estimate of drug-likeness (QED) is 0.357. The molecular formula is C25H24ClN7O. The van der Waals surface area contributed by atoms with Gasteiger partial charge in [0.2, 0.25) is 5.65 Å². The van der Waals surface area contributed by atoms with Crippen molar-refractivity contribution < 1.29 is 4.79 Å². The summed E-state index contributed by atoms with van der Waals surface area (Å²) in [5, 5.41) is 18.8. The number of fused-ring (bicyclic) bond motifs is 3. The summed E-state index contributed by atoms with van der Waals surface area (Å²) in [6.45, 7) is 4.54.